The van der Waals surface area contributed by atoms with Gasteiger partial charge in [0.05, 0.1) is 12.5 Å². The molecule has 0 saturated heterocycles. The highest BCUT2D eigenvalue weighted by Crippen LogP contribution is 2.21. The van der Waals surface area contributed by atoms with Crippen molar-refractivity contribution in [3.05, 3.63) is 0 Å². The van der Waals surface area contributed by atoms with E-state index in [4.69, 9.17) is 5.26 Å². The van der Waals surface area contributed by atoms with Crippen molar-refractivity contribution in [2.75, 3.05) is 0 Å². The van der Waals surface area contributed by atoms with Crippen LogP contribution in [0.4, 0.5) is 13.2 Å². The summed E-state index contributed by atoms with van der Waals surface area (Å²) in [6.45, 7) is 2.83. The Morgan fingerprint density at radius 3 is 2.29 bits per heavy atom. The van der Waals surface area contributed by atoms with Gasteiger partial charge < -0.3 is 5.32 Å². The molecule has 1 N–H and O–H groups in total. The highest BCUT2D eigenvalue weighted by Gasteiger charge is 2.29. The van der Waals surface area contributed by atoms with Crippen molar-refractivity contribution in [1.29, 1.82) is 5.26 Å². The number of hydrogen-bond acceptors (Lipinski definition) is 2. The minimum absolute atomic E-state index is 0.644. The molecule has 1 amide bonds. The van der Waals surface area contributed by atoms with E-state index in [0.717, 1.165) is 0 Å². The first-order valence-corrected chi connectivity index (χ1v) is 3.95. The zero-order valence-electron chi connectivity index (χ0n) is 7.90. The average molecular weight is 208 g/mol. The molecule has 80 valence electrons. The van der Waals surface area contributed by atoms with E-state index in [9.17, 15) is 18.0 Å². The van der Waals surface area contributed by atoms with Crippen LogP contribution in [0.1, 0.15) is 26.7 Å². The molecule has 6 heteroatoms. The van der Waals surface area contributed by atoms with Crippen molar-refractivity contribution in [2.45, 2.75) is 38.4 Å². The molecule has 0 saturated carbocycles. The number of rotatable bonds is 3. The van der Waals surface area contributed by atoms with Crippen molar-refractivity contribution in [2.24, 2.45) is 0 Å². The molecular weight excluding hydrogens is 197 g/mol. The van der Waals surface area contributed by atoms with Crippen molar-refractivity contribution >= 4 is 5.91 Å². The summed E-state index contributed by atoms with van der Waals surface area (Å²) in [6, 6.07) is 1.76. The lowest BCUT2D eigenvalue weighted by Crippen LogP contribution is -2.42. The monoisotopic (exact) mass is 208 g/mol. The largest absolute Gasteiger partial charge is 0.389 e. The Labute approximate surface area is 79.9 Å². The van der Waals surface area contributed by atoms with Crippen LogP contribution in [0.15, 0.2) is 0 Å². The fourth-order valence-electron chi connectivity index (χ4n) is 0.694. The lowest BCUT2D eigenvalue weighted by Gasteiger charge is -2.17. The Hall–Kier alpha value is -1.25. The number of nitrogens with zero attached hydrogens (tertiary/aromatic N) is 1. The topological polar surface area (TPSA) is 52.9 Å². The first-order valence-electron chi connectivity index (χ1n) is 3.95. The van der Waals surface area contributed by atoms with Crippen LogP contribution in [0.3, 0.4) is 0 Å². The highest BCUT2D eigenvalue weighted by molar-refractivity contribution is 5.77. The maximum Gasteiger partial charge on any atom is 0.389 e. The minimum atomic E-state index is -4.34. The summed E-state index contributed by atoms with van der Waals surface area (Å²) < 4.78 is 35.1. The molecule has 0 bridgehead atoms. The molecule has 0 aromatic carbocycles. The van der Waals surface area contributed by atoms with Crippen molar-refractivity contribution in [3.8, 4) is 6.07 Å². The van der Waals surface area contributed by atoms with Crippen LogP contribution in [-0.4, -0.2) is 17.6 Å². The molecule has 0 fully saturated rings. The molecule has 0 aliphatic heterocycles. The Balaban J connectivity index is 3.97. The molecule has 0 aromatic heterocycles. The smallest absolute Gasteiger partial charge is 0.338 e. The third-order valence-electron chi connectivity index (χ3n) is 1.37. The highest BCUT2D eigenvalue weighted by atomic mass is 19.4. The maximum atomic E-state index is 11.7. The van der Waals surface area contributed by atoms with Gasteiger partial charge in [-0.05, 0) is 13.8 Å². The fourth-order valence-corrected chi connectivity index (χ4v) is 0.694. The summed E-state index contributed by atoms with van der Waals surface area (Å²) >= 11 is 0. The van der Waals surface area contributed by atoms with Gasteiger partial charge in [-0.2, -0.15) is 18.4 Å². The van der Waals surface area contributed by atoms with Crippen molar-refractivity contribution in [1.82, 2.24) is 5.32 Å². The van der Waals surface area contributed by atoms with Crippen LogP contribution in [0.25, 0.3) is 0 Å². The molecular formula is C8H11F3N2O. The van der Waals surface area contributed by atoms with Crippen LogP contribution in [-0.2, 0) is 4.79 Å². The second kappa shape index (κ2) is 4.31. The van der Waals surface area contributed by atoms with E-state index in [-0.39, 0.29) is 0 Å². The number of carbonyl (C=O) groups is 1. The standard InChI is InChI=1S/C8H11F3N2O/c1-7(2,5-12)13-6(14)3-4-8(9,10)11/h3-4H2,1-2H3,(H,13,14). The summed E-state index contributed by atoms with van der Waals surface area (Å²) in [5.74, 6) is -0.770. The van der Waals surface area contributed by atoms with Crippen LogP contribution < -0.4 is 5.32 Å². The molecule has 0 atom stereocenters. The molecule has 0 heterocycles. The van der Waals surface area contributed by atoms with E-state index in [2.05, 4.69) is 5.32 Å². The number of amides is 1. The first-order chi connectivity index (χ1) is 6.16. The Kier molecular flexibility index (Phi) is 3.93. The molecule has 0 rings (SSSR count). The predicted octanol–water partition coefficient (Wildman–Crippen LogP) is 1.75. The van der Waals surface area contributed by atoms with Crippen LogP contribution >= 0.6 is 0 Å². The molecule has 0 aliphatic carbocycles. The van der Waals surface area contributed by atoms with Gasteiger partial charge in [0.2, 0.25) is 5.91 Å². The summed E-state index contributed by atoms with van der Waals surface area (Å²) in [7, 11) is 0. The summed E-state index contributed by atoms with van der Waals surface area (Å²) in [4.78, 5) is 10.9. The Morgan fingerprint density at radius 1 is 1.43 bits per heavy atom. The average Bonchev–Trinajstić information content (AvgIpc) is 1.99. The number of nitriles is 1. The molecule has 0 spiro atoms. The van der Waals surface area contributed by atoms with Gasteiger partial charge in [0, 0.05) is 6.42 Å². The first kappa shape index (κ1) is 12.8. The predicted molar refractivity (Wildman–Crippen MR) is 43.1 cm³/mol. The zero-order chi connectivity index (χ0) is 11.4. The van der Waals surface area contributed by atoms with Crippen LogP contribution in [0.2, 0.25) is 0 Å². The minimum Gasteiger partial charge on any atom is -0.338 e. The number of halogens is 3. The number of hydrogen-bond donors (Lipinski definition) is 1. The van der Waals surface area contributed by atoms with Gasteiger partial charge in [-0.25, -0.2) is 0 Å². The van der Waals surface area contributed by atoms with E-state index in [1.165, 1.54) is 13.8 Å². The quantitative estimate of drug-likeness (QED) is 0.768. The molecule has 0 unspecified atom stereocenters. The second-order valence-corrected chi connectivity index (χ2v) is 3.40. The van der Waals surface area contributed by atoms with E-state index < -0.39 is 30.5 Å². The number of carbonyl (C=O) groups excluding carboxylic acids is 1. The Morgan fingerprint density at radius 2 is 1.93 bits per heavy atom. The third-order valence-corrected chi connectivity index (χ3v) is 1.37. The Bertz CT molecular complexity index is 252. The van der Waals surface area contributed by atoms with Gasteiger partial charge in [-0.1, -0.05) is 0 Å². The summed E-state index contributed by atoms with van der Waals surface area (Å²) in [5.41, 5.74) is -1.12. The molecule has 0 aliphatic rings. The van der Waals surface area contributed by atoms with Gasteiger partial charge in [-0.3, -0.25) is 4.79 Å². The van der Waals surface area contributed by atoms with Crippen molar-refractivity contribution < 1.29 is 18.0 Å². The maximum absolute atomic E-state index is 11.7. The number of nitrogens with one attached hydrogen (secondary N) is 1. The van der Waals surface area contributed by atoms with Crippen molar-refractivity contribution in [3.63, 3.8) is 0 Å². The zero-order valence-corrected chi connectivity index (χ0v) is 7.90. The molecule has 3 nitrogen and oxygen atoms in total. The SMILES string of the molecule is CC(C)(C#N)NC(=O)CCC(F)(F)F. The van der Waals surface area contributed by atoms with Crippen LogP contribution in [0.5, 0.6) is 0 Å². The van der Waals surface area contributed by atoms with Gasteiger partial charge in [0.15, 0.2) is 0 Å². The molecule has 0 radical (unpaired) electrons. The van der Waals surface area contributed by atoms with E-state index in [1.54, 1.807) is 6.07 Å². The normalized spacial score (nSPS) is 12.0. The lowest BCUT2D eigenvalue weighted by atomic mass is 10.1. The van der Waals surface area contributed by atoms with E-state index >= 15 is 0 Å². The van der Waals surface area contributed by atoms with Gasteiger partial charge in [-0.15, -0.1) is 0 Å². The van der Waals surface area contributed by atoms with Gasteiger partial charge >= 0.3 is 6.18 Å². The third kappa shape index (κ3) is 6.29. The summed E-state index contributed by atoms with van der Waals surface area (Å²) in [5, 5.41) is 10.7. The second-order valence-electron chi connectivity index (χ2n) is 3.40. The fraction of sp³-hybridized carbons (Fsp3) is 0.750. The van der Waals surface area contributed by atoms with E-state index in [0.29, 0.717) is 0 Å². The van der Waals surface area contributed by atoms with E-state index in [1.807, 2.05) is 0 Å². The van der Waals surface area contributed by atoms with Gasteiger partial charge in [0.1, 0.15) is 5.54 Å². The lowest BCUT2D eigenvalue weighted by molar-refractivity contribution is -0.144. The molecule has 0 aromatic rings. The summed E-state index contributed by atoms with van der Waals surface area (Å²) in [6.07, 6.45) is -6.15. The van der Waals surface area contributed by atoms with Crippen LogP contribution in [0, 0.1) is 11.3 Å². The van der Waals surface area contributed by atoms with Gasteiger partial charge in [0.25, 0.3) is 0 Å². The number of alkyl halides is 3. The molecule has 14 heavy (non-hydrogen) atoms.